The van der Waals surface area contributed by atoms with E-state index >= 15 is 0 Å². The lowest BCUT2D eigenvalue weighted by Gasteiger charge is -2.21. The number of carbonyl (C=O) groups is 1. The molecule has 1 fully saturated rings. The fraction of sp³-hybridized carbons (Fsp3) is 0.846. The summed E-state index contributed by atoms with van der Waals surface area (Å²) in [6.45, 7) is 1.91. The molecule has 3 heteroatoms. The van der Waals surface area contributed by atoms with Crippen molar-refractivity contribution < 1.29 is 4.79 Å². The van der Waals surface area contributed by atoms with Gasteiger partial charge in [0.05, 0.1) is 6.07 Å². The van der Waals surface area contributed by atoms with Crippen molar-refractivity contribution in [3.63, 3.8) is 0 Å². The first-order valence-electron chi connectivity index (χ1n) is 6.45. The van der Waals surface area contributed by atoms with Crippen molar-refractivity contribution in [3.8, 4) is 6.07 Å². The summed E-state index contributed by atoms with van der Waals surface area (Å²) in [5.41, 5.74) is 0. The van der Waals surface area contributed by atoms with Crippen molar-refractivity contribution in [2.45, 2.75) is 64.3 Å². The summed E-state index contributed by atoms with van der Waals surface area (Å²) in [4.78, 5) is 11.6. The molecule has 1 aliphatic rings. The number of amides is 1. The first-order valence-corrected chi connectivity index (χ1v) is 6.45. The Balaban J connectivity index is 2.16. The fourth-order valence-corrected chi connectivity index (χ4v) is 2.30. The van der Waals surface area contributed by atoms with Crippen molar-refractivity contribution in [3.05, 3.63) is 0 Å². The minimum absolute atomic E-state index is 0.0407. The van der Waals surface area contributed by atoms with Crippen molar-refractivity contribution in [2.75, 3.05) is 0 Å². The molecular weight excluding hydrogens is 200 g/mol. The number of rotatable bonds is 5. The Morgan fingerprint density at radius 3 is 2.69 bits per heavy atom. The molecule has 0 aromatic rings. The van der Waals surface area contributed by atoms with E-state index in [2.05, 4.69) is 11.4 Å². The average Bonchev–Trinajstić information content (AvgIpc) is 2.34. The molecule has 0 spiro atoms. The van der Waals surface area contributed by atoms with Crippen LogP contribution in [-0.2, 0) is 4.79 Å². The molecule has 3 nitrogen and oxygen atoms in total. The summed E-state index contributed by atoms with van der Waals surface area (Å²) < 4.78 is 0. The van der Waals surface area contributed by atoms with Gasteiger partial charge < -0.3 is 5.32 Å². The minimum atomic E-state index is -0.307. The predicted octanol–water partition coefficient (Wildman–Crippen LogP) is 2.77. The van der Waals surface area contributed by atoms with Gasteiger partial charge >= 0.3 is 0 Å². The summed E-state index contributed by atoms with van der Waals surface area (Å²) in [6.07, 6.45) is 8.83. The second-order valence-electron chi connectivity index (χ2n) is 4.70. The summed E-state index contributed by atoms with van der Waals surface area (Å²) in [7, 11) is 0. The Morgan fingerprint density at radius 1 is 1.44 bits per heavy atom. The van der Waals surface area contributed by atoms with Gasteiger partial charge in [-0.3, -0.25) is 4.79 Å². The second kappa shape index (κ2) is 7.27. The van der Waals surface area contributed by atoms with Gasteiger partial charge in [0.1, 0.15) is 6.04 Å². The highest BCUT2D eigenvalue weighted by atomic mass is 16.1. The highest BCUT2D eigenvalue weighted by molar-refractivity contribution is 5.76. The Kier molecular flexibility index (Phi) is 5.92. The number of nitriles is 1. The molecular formula is C13H22N2O. The van der Waals surface area contributed by atoms with Crippen LogP contribution in [0.15, 0.2) is 0 Å². The van der Waals surface area contributed by atoms with E-state index in [-0.39, 0.29) is 11.9 Å². The quantitative estimate of drug-likeness (QED) is 0.777. The van der Waals surface area contributed by atoms with Gasteiger partial charge in [-0.15, -0.1) is 0 Å². The van der Waals surface area contributed by atoms with Gasteiger partial charge in [0.25, 0.3) is 0 Å². The standard InChI is InChI=1S/C13H22N2O/c1-2-12(10-14)15-13(16)9-8-11-6-4-3-5-7-11/h11-12H,2-9H2,1H3,(H,15,16). The molecule has 90 valence electrons. The zero-order valence-corrected chi connectivity index (χ0v) is 10.2. The van der Waals surface area contributed by atoms with E-state index in [1.807, 2.05) is 6.92 Å². The summed E-state index contributed by atoms with van der Waals surface area (Å²) in [5.74, 6) is 0.778. The van der Waals surface area contributed by atoms with Gasteiger partial charge in [-0.05, 0) is 18.8 Å². The van der Waals surface area contributed by atoms with E-state index in [0.717, 1.165) is 12.3 Å². The van der Waals surface area contributed by atoms with Gasteiger partial charge in [-0.1, -0.05) is 39.0 Å². The van der Waals surface area contributed by atoms with Crippen LogP contribution in [-0.4, -0.2) is 11.9 Å². The fourth-order valence-electron chi connectivity index (χ4n) is 2.30. The first-order chi connectivity index (χ1) is 7.76. The zero-order valence-electron chi connectivity index (χ0n) is 10.2. The molecule has 0 heterocycles. The van der Waals surface area contributed by atoms with E-state index in [9.17, 15) is 4.79 Å². The topological polar surface area (TPSA) is 52.9 Å². The van der Waals surface area contributed by atoms with E-state index in [1.165, 1.54) is 32.1 Å². The van der Waals surface area contributed by atoms with Crippen LogP contribution >= 0.6 is 0 Å². The summed E-state index contributed by atoms with van der Waals surface area (Å²) >= 11 is 0. The highest BCUT2D eigenvalue weighted by Gasteiger charge is 2.15. The molecule has 1 amide bonds. The number of nitrogens with one attached hydrogen (secondary N) is 1. The van der Waals surface area contributed by atoms with Crippen LogP contribution < -0.4 is 5.32 Å². The normalized spacial score (nSPS) is 18.8. The third-order valence-electron chi connectivity index (χ3n) is 3.40. The van der Waals surface area contributed by atoms with Gasteiger partial charge in [-0.25, -0.2) is 0 Å². The van der Waals surface area contributed by atoms with Crippen LogP contribution in [0.2, 0.25) is 0 Å². The molecule has 0 radical (unpaired) electrons. The van der Waals surface area contributed by atoms with Crippen molar-refractivity contribution in [1.29, 1.82) is 5.26 Å². The summed E-state index contributed by atoms with van der Waals surface area (Å²) in [5, 5.41) is 11.5. The van der Waals surface area contributed by atoms with Crippen molar-refractivity contribution in [1.82, 2.24) is 5.32 Å². The maximum absolute atomic E-state index is 11.6. The van der Waals surface area contributed by atoms with Crippen LogP contribution in [0.4, 0.5) is 0 Å². The smallest absolute Gasteiger partial charge is 0.221 e. The lowest BCUT2D eigenvalue weighted by molar-refractivity contribution is -0.121. The Hall–Kier alpha value is -1.04. The Morgan fingerprint density at radius 2 is 2.12 bits per heavy atom. The summed E-state index contributed by atoms with van der Waals surface area (Å²) in [6, 6.07) is 1.78. The van der Waals surface area contributed by atoms with Crippen molar-refractivity contribution >= 4 is 5.91 Å². The molecule has 0 aliphatic heterocycles. The molecule has 0 saturated heterocycles. The molecule has 16 heavy (non-hydrogen) atoms. The minimum Gasteiger partial charge on any atom is -0.340 e. The maximum atomic E-state index is 11.6. The Bertz CT molecular complexity index is 251. The van der Waals surface area contributed by atoms with E-state index < -0.39 is 0 Å². The zero-order chi connectivity index (χ0) is 11.8. The molecule has 0 bridgehead atoms. The van der Waals surface area contributed by atoms with Gasteiger partial charge in [0.2, 0.25) is 5.91 Å². The molecule has 1 rings (SSSR count). The van der Waals surface area contributed by atoms with Gasteiger partial charge in [0, 0.05) is 6.42 Å². The molecule has 1 aliphatic carbocycles. The molecule has 1 N–H and O–H groups in total. The molecule has 1 saturated carbocycles. The van der Waals surface area contributed by atoms with Gasteiger partial charge in [-0.2, -0.15) is 5.26 Å². The van der Waals surface area contributed by atoms with Crippen LogP contribution in [0.5, 0.6) is 0 Å². The third kappa shape index (κ3) is 4.65. The molecule has 0 aromatic carbocycles. The monoisotopic (exact) mass is 222 g/mol. The third-order valence-corrected chi connectivity index (χ3v) is 3.40. The molecule has 0 aromatic heterocycles. The van der Waals surface area contributed by atoms with Gasteiger partial charge in [0.15, 0.2) is 0 Å². The number of hydrogen-bond acceptors (Lipinski definition) is 2. The lowest BCUT2D eigenvalue weighted by Crippen LogP contribution is -2.33. The lowest BCUT2D eigenvalue weighted by atomic mass is 9.86. The van der Waals surface area contributed by atoms with Crippen LogP contribution in [0.3, 0.4) is 0 Å². The highest BCUT2D eigenvalue weighted by Crippen LogP contribution is 2.27. The Labute approximate surface area is 98.2 Å². The maximum Gasteiger partial charge on any atom is 0.221 e. The number of carbonyl (C=O) groups excluding carboxylic acids is 1. The molecule has 1 unspecified atom stereocenters. The SMILES string of the molecule is CCC(C#N)NC(=O)CCC1CCCCC1. The van der Waals surface area contributed by atoms with Crippen LogP contribution in [0.25, 0.3) is 0 Å². The van der Waals surface area contributed by atoms with Crippen LogP contribution in [0, 0.1) is 17.2 Å². The van der Waals surface area contributed by atoms with E-state index in [1.54, 1.807) is 0 Å². The van der Waals surface area contributed by atoms with E-state index in [0.29, 0.717) is 12.8 Å². The molecule has 1 atom stereocenters. The average molecular weight is 222 g/mol. The predicted molar refractivity (Wildman–Crippen MR) is 63.6 cm³/mol. The second-order valence-corrected chi connectivity index (χ2v) is 4.70. The van der Waals surface area contributed by atoms with Crippen molar-refractivity contribution in [2.24, 2.45) is 5.92 Å². The number of hydrogen-bond donors (Lipinski definition) is 1. The first kappa shape index (κ1) is 13.0. The van der Waals surface area contributed by atoms with E-state index in [4.69, 9.17) is 5.26 Å². The number of nitrogens with zero attached hydrogens (tertiary/aromatic N) is 1. The van der Waals surface area contributed by atoms with Crippen LogP contribution in [0.1, 0.15) is 58.3 Å². The largest absolute Gasteiger partial charge is 0.340 e.